The Morgan fingerprint density at radius 2 is 1.83 bits per heavy atom. The Labute approximate surface area is 172 Å². The van der Waals surface area contributed by atoms with Crippen LogP contribution in [-0.4, -0.2) is 45.9 Å². The van der Waals surface area contributed by atoms with E-state index < -0.39 is 0 Å². The molecule has 0 bridgehead atoms. The monoisotopic (exact) mass is 395 g/mol. The van der Waals surface area contributed by atoms with E-state index in [2.05, 4.69) is 41.4 Å². The number of carbonyl (C=O) groups is 1. The minimum Gasteiger partial charge on any atom is -0.481 e. The first-order valence-corrected chi connectivity index (χ1v) is 10.3. The van der Waals surface area contributed by atoms with Gasteiger partial charge in [0.15, 0.2) is 6.61 Å². The predicted molar refractivity (Wildman–Crippen MR) is 117 cm³/mol. The predicted octanol–water partition coefficient (Wildman–Crippen LogP) is 4.04. The van der Waals surface area contributed by atoms with Gasteiger partial charge in [0, 0.05) is 49.9 Å². The van der Waals surface area contributed by atoms with Crippen molar-refractivity contribution in [1.29, 1.82) is 0 Å². The highest BCUT2D eigenvalue weighted by atomic mass is 16.5. The molecule has 0 spiro atoms. The lowest BCUT2D eigenvalue weighted by Gasteiger charge is -2.32. The van der Waals surface area contributed by atoms with E-state index >= 15 is 0 Å². The molecule has 6 heteroatoms. The van der Waals surface area contributed by atoms with E-state index in [1.54, 1.807) is 12.0 Å². The molecule has 1 fully saturated rings. The van der Waals surface area contributed by atoms with Crippen molar-refractivity contribution in [2.24, 2.45) is 5.92 Å². The first kappa shape index (κ1) is 19.6. The van der Waals surface area contributed by atoms with Crippen LogP contribution in [0.4, 0.5) is 22.7 Å². The summed E-state index contributed by atoms with van der Waals surface area (Å²) in [5, 5.41) is 3.43. The largest absolute Gasteiger partial charge is 0.481 e. The van der Waals surface area contributed by atoms with Crippen molar-refractivity contribution in [3.8, 4) is 5.75 Å². The lowest BCUT2D eigenvalue weighted by molar-refractivity contribution is -0.121. The molecule has 154 valence electrons. The van der Waals surface area contributed by atoms with E-state index in [-0.39, 0.29) is 12.5 Å². The number of hydrogen-bond donors (Lipinski definition) is 1. The number of carbonyl (C=O) groups excluding carboxylic acids is 1. The van der Waals surface area contributed by atoms with Gasteiger partial charge in [-0.2, -0.15) is 0 Å². The Bertz CT molecular complexity index is 845. The number of anilines is 4. The summed E-state index contributed by atoms with van der Waals surface area (Å²) >= 11 is 0. The van der Waals surface area contributed by atoms with Crippen LogP contribution in [0.5, 0.6) is 5.75 Å². The van der Waals surface area contributed by atoms with Gasteiger partial charge in [-0.15, -0.1) is 0 Å². The Kier molecular flexibility index (Phi) is 5.90. The number of piperidine rings is 1. The van der Waals surface area contributed by atoms with Crippen LogP contribution in [0.1, 0.15) is 19.8 Å². The van der Waals surface area contributed by atoms with Crippen LogP contribution in [0.25, 0.3) is 0 Å². The van der Waals surface area contributed by atoms with Crippen LogP contribution in [0, 0.1) is 5.92 Å². The maximum Gasteiger partial charge on any atom is 0.265 e. The van der Waals surface area contributed by atoms with Crippen LogP contribution in [0.3, 0.4) is 0 Å². The number of ether oxygens (including phenoxy) is 2. The summed E-state index contributed by atoms with van der Waals surface area (Å²) < 4.78 is 10.8. The van der Waals surface area contributed by atoms with E-state index in [1.807, 2.05) is 18.2 Å². The molecule has 1 N–H and O–H groups in total. The highest BCUT2D eigenvalue weighted by Crippen LogP contribution is 2.35. The molecule has 0 radical (unpaired) electrons. The Morgan fingerprint density at radius 1 is 1.10 bits per heavy atom. The summed E-state index contributed by atoms with van der Waals surface area (Å²) in [4.78, 5) is 16.3. The van der Waals surface area contributed by atoms with Gasteiger partial charge >= 0.3 is 0 Å². The molecule has 0 saturated carbocycles. The molecule has 2 heterocycles. The second kappa shape index (κ2) is 8.74. The van der Waals surface area contributed by atoms with Crippen molar-refractivity contribution >= 4 is 28.7 Å². The summed E-state index contributed by atoms with van der Waals surface area (Å²) in [5.41, 5.74) is 4.04. The van der Waals surface area contributed by atoms with Crippen molar-refractivity contribution in [3.05, 3.63) is 42.5 Å². The zero-order valence-electron chi connectivity index (χ0n) is 17.2. The first-order chi connectivity index (χ1) is 14.1. The van der Waals surface area contributed by atoms with E-state index in [0.29, 0.717) is 18.9 Å². The summed E-state index contributed by atoms with van der Waals surface area (Å²) in [5.74, 6) is 1.50. The number of nitrogens with one attached hydrogen (secondary N) is 1. The van der Waals surface area contributed by atoms with Crippen molar-refractivity contribution in [2.45, 2.75) is 19.8 Å². The standard InChI is InChI=1S/C23H29N3O3/c1-17-9-11-25(12-10-17)20-6-3-18(4-7-20)24-19-5-8-21-22(15-19)29-16-23(27)26(21)13-14-28-2/h3-8,15,17,24H,9-14,16H2,1-2H3. The number of nitrogens with zero attached hydrogens (tertiary/aromatic N) is 2. The fourth-order valence-corrected chi connectivity index (χ4v) is 3.90. The number of hydrogen-bond acceptors (Lipinski definition) is 5. The zero-order chi connectivity index (χ0) is 20.2. The Balaban J connectivity index is 1.44. The van der Waals surface area contributed by atoms with Gasteiger partial charge in [-0.3, -0.25) is 4.79 Å². The van der Waals surface area contributed by atoms with Crippen molar-refractivity contribution in [2.75, 3.05) is 55.1 Å². The Morgan fingerprint density at radius 3 is 2.55 bits per heavy atom. The fraction of sp³-hybridized carbons (Fsp3) is 0.435. The van der Waals surface area contributed by atoms with E-state index in [4.69, 9.17) is 9.47 Å². The molecule has 6 nitrogen and oxygen atoms in total. The lowest BCUT2D eigenvalue weighted by Crippen LogP contribution is -2.40. The minimum absolute atomic E-state index is 0.0436. The molecule has 29 heavy (non-hydrogen) atoms. The number of rotatable bonds is 6. The molecule has 0 aromatic heterocycles. The summed E-state index contributed by atoms with van der Waals surface area (Å²) in [6, 6.07) is 14.4. The van der Waals surface area contributed by atoms with Gasteiger partial charge in [-0.05, 0) is 55.2 Å². The molecule has 2 aliphatic heterocycles. The molecule has 2 aromatic rings. The maximum absolute atomic E-state index is 12.1. The number of amides is 1. The van der Waals surface area contributed by atoms with Gasteiger partial charge in [-0.1, -0.05) is 6.92 Å². The number of fused-ring (bicyclic) bond motifs is 1. The molecule has 0 atom stereocenters. The quantitative estimate of drug-likeness (QED) is 0.800. The van der Waals surface area contributed by atoms with Gasteiger partial charge in [0.1, 0.15) is 5.75 Å². The van der Waals surface area contributed by atoms with Crippen LogP contribution in [-0.2, 0) is 9.53 Å². The van der Waals surface area contributed by atoms with E-state index in [0.717, 1.165) is 36.1 Å². The summed E-state index contributed by atoms with van der Waals surface area (Å²) in [6.45, 7) is 5.67. The third-order valence-electron chi connectivity index (χ3n) is 5.73. The number of methoxy groups -OCH3 is 1. The van der Waals surface area contributed by atoms with Crippen molar-refractivity contribution < 1.29 is 14.3 Å². The summed E-state index contributed by atoms with van der Waals surface area (Å²) in [7, 11) is 1.63. The normalized spacial score (nSPS) is 17.1. The lowest BCUT2D eigenvalue weighted by atomic mass is 9.99. The first-order valence-electron chi connectivity index (χ1n) is 10.3. The van der Waals surface area contributed by atoms with Gasteiger partial charge in [0.2, 0.25) is 0 Å². The minimum atomic E-state index is -0.0436. The smallest absolute Gasteiger partial charge is 0.265 e. The van der Waals surface area contributed by atoms with Crippen LogP contribution >= 0.6 is 0 Å². The summed E-state index contributed by atoms with van der Waals surface area (Å²) in [6.07, 6.45) is 2.53. The van der Waals surface area contributed by atoms with Crippen molar-refractivity contribution in [3.63, 3.8) is 0 Å². The second-order valence-corrected chi connectivity index (χ2v) is 7.85. The molecule has 2 aliphatic rings. The second-order valence-electron chi connectivity index (χ2n) is 7.85. The third kappa shape index (κ3) is 4.48. The van der Waals surface area contributed by atoms with Crippen molar-refractivity contribution in [1.82, 2.24) is 0 Å². The van der Waals surface area contributed by atoms with Gasteiger partial charge < -0.3 is 24.6 Å². The van der Waals surface area contributed by atoms with Crippen LogP contribution < -0.4 is 19.9 Å². The highest BCUT2D eigenvalue weighted by molar-refractivity contribution is 5.98. The van der Waals surface area contributed by atoms with Gasteiger partial charge in [-0.25, -0.2) is 0 Å². The van der Waals surface area contributed by atoms with E-state index in [9.17, 15) is 4.79 Å². The van der Waals surface area contributed by atoms with Crippen LogP contribution in [0.2, 0.25) is 0 Å². The molecule has 0 aliphatic carbocycles. The van der Waals surface area contributed by atoms with E-state index in [1.165, 1.54) is 18.5 Å². The Hall–Kier alpha value is -2.73. The molecule has 4 rings (SSSR count). The van der Waals surface area contributed by atoms with Gasteiger partial charge in [0.05, 0.1) is 12.3 Å². The third-order valence-corrected chi connectivity index (χ3v) is 5.73. The fourth-order valence-electron chi connectivity index (χ4n) is 3.90. The molecule has 0 unspecified atom stereocenters. The topological polar surface area (TPSA) is 54.0 Å². The van der Waals surface area contributed by atoms with Gasteiger partial charge in [0.25, 0.3) is 5.91 Å². The molecular formula is C23H29N3O3. The molecule has 1 amide bonds. The average Bonchev–Trinajstić information content (AvgIpc) is 2.74. The zero-order valence-corrected chi connectivity index (χ0v) is 17.2. The molecule has 1 saturated heterocycles. The SMILES string of the molecule is COCCN1C(=O)COc2cc(Nc3ccc(N4CCC(C)CC4)cc3)ccc21. The average molecular weight is 396 g/mol. The highest BCUT2D eigenvalue weighted by Gasteiger charge is 2.25. The number of benzene rings is 2. The van der Waals surface area contributed by atoms with Crippen LogP contribution in [0.15, 0.2) is 42.5 Å². The maximum atomic E-state index is 12.1. The molecule has 2 aromatic carbocycles. The molecular weight excluding hydrogens is 366 g/mol.